The molecule has 0 atom stereocenters. The van der Waals surface area contributed by atoms with E-state index in [0.717, 1.165) is 43.3 Å². The van der Waals surface area contributed by atoms with E-state index in [0.29, 0.717) is 0 Å². The zero-order valence-electron chi connectivity index (χ0n) is 13.6. The first-order valence-electron chi connectivity index (χ1n) is 7.94. The fourth-order valence-corrected chi connectivity index (χ4v) is 2.79. The van der Waals surface area contributed by atoms with Crippen LogP contribution in [0, 0.1) is 0 Å². The Hall–Kier alpha value is -1.94. The third kappa shape index (κ3) is 3.12. The summed E-state index contributed by atoms with van der Waals surface area (Å²) in [5.41, 5.74) is 3.36. The summed E-state index contributed by atoms with van der Waals surface area (Å²) in [6.07, 6.45) is 2.00. The first kappa shape index (κ1) is 15.0. The van der Waals surface area contributed by atoms with E-state index in [1.165, 1.54) is 5.69 Å². The van der Waals surface area contributed by atoms with Crippen LogP contribution >= 0.6 is 0 Å². The van der Waals surface area contributed by atoms with E-state index < -0.39 is 0 Å². The molecule has 116 valence electrons. The summed E-state index contributed by atoms with van der Waals surface area (Å²) in [5.74, 6) is 0.810. The fraction of sp³-hybridized carbons (Fsp3) is 0.444. The van der Waals surface area contributed by atoms with Gasteiger partial charge in [0.2, 0.25) is 0 Å². The number of aromatic nitrogens is 2. The monoisotopic (exact) mass is 296 g/mol. The SMILES string of the molecule is CC(C)(C)c1nc(-c2ccccc2)ncc1N1CCNCC1. The molecule has 1 aliphatic heterocycles. The molecule has 0 amide bonds. The lowest BCUT2D eigenvalue weighted by Crippen LogP contribution is -2.44. The smallest absolute Gasteiger partial charge is 0.159 e. The molecule has 4 nitrogen and oxygen atoms in total. The van der Waals surface area contributed by atoms with Crippen LogP contribution < -0.4 is 10.2 Å². The van der Waals surface area contributed by atoms with E-state index in [-0.39, 0.29) is 5.41 Å². The summed E-state index contributed by atoms with van der Waals surface area (Å²) in [6.45, 7) is 10.7. The standard InChI is InChI=1S/C18H24N4/c1-18(2,3)16-15(22-11-9-19-10-12-22)13-20-17(21-16)14-7-5-4-6-8-14/h4-8,13,19H,9-12H2,1-3H3. The largest absolute Gasteiger partial charge is 0.366 e. The van der Waals surface area contributed by atoms with Gasteiger partial charge in [0.1, 0.15) is 0 Å². The van der Waals surface area contributed by atoms with E-state index in [1.54, 1.807) is 0 Å². The molecule has 0 bridgehead atoms. The molecule has 22 heavy (non-hydrogen) atoms. The first-order chi connectivity index (χ1) is 10.6. The molecule has 0 spiro atoms. The molecule has 3 rings (SSSR count). The summed E-state index contributed by atoms with van der Waals surface area (Å²) in [5, 5.41) is 3.40. The third-order valence-electron chi connectivity index (χ3n) is 3.97. The number of nitrogens with one attached hydrogen (secondary N) is 1. The van der Waals surface area contributed by atoms with Crippen molar-refractivity contribution in [1.82, 2.24) is 15.3 Å². The van der Waals surface area contributed by atoms with E-state index >= 15 is 0 Å². The highest BCUT2D eigenvalue weighted by molar-refractivity contribution is 5.60. The van der Waals surface area contributed by atoms with Crippen molar-refractivity contribution < 1.29 is 0 Å². The van der Waals surface area contributed by atoms with Gasteiger partial charge in [-0.2, -0.15) is 0 Å². The van der Waals surface area contributed by atoms with Gasteiger partial charge in [0.25, 0.3) is 0 Å². The van der Waals surface area contributed by atoms with Gasteiger partial charge in [-0.3, -0.25) is 0 Å². The Labute approximate surface area is 132 Å². The van der Waals surface area contributed by atoms with E-state index in [4.69, 9.17) is 4.98 Å². The number of hydrogen-bond acceptors (Lipinski definition) is 4. The Bertz CT molecular complexity index is 625. The molecule has 0 aliphatic carbocycles. The Kier molecular flexibility index (Phi) is 4.12. The van der Waals surface area contributed by atoms with Crippen molar-refractivity contribution in [3.05, 3.63) is 42.2 Å². The summed E-state index contributed by atoms with van der Waals surface area (Å²) in [4.78, 5) is 11.9. The van der Waals surface area contributed by atoms with Gasteiger partial charge in [-0.05, 0) is 0 Å². The molecular formula is C18H24N4. The topological polar surface area (TPSA) is 41.1 Å². The Balaban J connectivity index is 2.04. The van der Waals surface area contributed by atoms with Crippen molar-refractivity contribution in [2.75, 3.05) is 31.1 Å². The van der Waals surface area contributed by atoms with Gasteiger partial charge < -0.3 is 10.2 Å². The van der Waals surface area contributed by atoms with Gasteiger partial charge in [0.15, 0.2) is 5.82 Å². The van der Waals surface area contributed by atoms with E-state index in [2.05, 4.69) is 48.1 Å². The molecule has 2 aromatic rings. The van der Waals surface area contributed by atoms with Crippen LogP contribution in [0.15, 0.2) is 36.5 Å². The molecule has 0 saturated carbocycles. The van der Waals surface area contributed by atoms with Crippen molar-refractivity contribution in [1.29, 1.82) is 0 Å². The van der Waals surface area contributed by atoms with Gasteiger partial charge in [0.05, 0.1) is 17.6 Å². The van der Waals surface area contributed by atoms with E-state index in [1.807, 2.05) is 24.4 Å². The Morgan fingerprint density at radius 3 is 2.36 bits per heavy atom. The lowest BCUT2D eigenvalue weighted by Gasteiger charge is -2.33. The number of hydrogen-bond donors (Lipinski definition) is 1. The van der Waals surface area contributed by atoms with Crippen LogP contribution in [0.2, 0.25) is 0 Å². The molecule has 4 heteroatoms. The van der Waals surface area contributed by atoms with Crippen LogP contribution in [0.1, 0.15) is 26.5 Å². The van der Waals surface area contributed by atoms with Crippen LogP contribution in [0.25, 0.3) is 11.4 Å². The maximum absolute atomic E-state index is 4.92. The second-order valence-corrected chi connectivity index (χ2v) is 6.78. The van der Waals surface area contributed by atoms with Gasteiger partial charge in [-0.1, -0.05) is 51.1 Å². The highest BCUT2D eigenvalue weighted by Gasteiger charge is 2.25. The molecule has 0 radical (unpaired) electrons. The quantitative estimate of drug-likeness (QED) is 0.925. The maximum atomic E-state index is 4.92. The Morgan fingerprint density at radius 2 is 1.73 bits per heavy atom. The zero-order valence-corrected chi connectivity index (χ0v) is 13.6. The van der Waals surface area contributed by atoms with Crippen molar-refractivity contribution in [2.24, 2.45) is 0 Å². The lowest BCUT2D eigenvalue weighted by molar-refractivity contribution is 0.548. The summed E-state index contributed by atoms with van der Waals surface area (Å²) in [6, 6.07) is 10.2. The highest BCUT2D eigenvalue weighted by Crippen LogP contribution is 2.31. The average molecular weight is 296 g/mol. The normalized spacial score (nSPS) is 15.9. The molecule has 1 N–H and O–H groups in total. The second-order valence-electron chi connectivity index (χ2n) is 6.78. The van der Waals surface area contributed by atoms with Crippen LogP contribution in [0.4, 0.5) is 5.69 Å². The maximum Gasteiger partial charge on any atom is 0.159 e. The highest BCUT2D eigenvalue weighted by atomic mass is 15.2. The predicted molar refractivity (Wildman–Crippen MR) is 91.3 cm³/mol. The number of nitrogens with zero attached hydrogens (tertiary/aromatic N) is 3. The molecule has 1 aromatic carbocycles. The van der Waals surface area contributed by atoms with Crippen molar-refractivity contribution >= 4 is 5.69 Å². The van der Waals surface area contributed by atoms with Crippen LogP contribution in [0.5, 0.6) is 0 Å². The van der Waals surface area contributed by atoms with Crippen molar-refractivity contribution in [2.45, 2.75) is 26.2 Å². The minimum atomic E-state index is -0.00726. The number of piperazine rings is 1. The van der Waals surface area contributed by atoms with Gasteiger partial charge in [-0.25, -0.2) is 9.97 Å². The minimum Gasteiger partial charge on any atom is -0.366 e. The molecule has 1 saturated heterocycles. The van der Waals surface area contributed by atoms with Crippen LogP contribution in [0.3, 0.4) is 0 Å². The van der Waals surface area contributed by atoms with Crippen LogP contribution in [-0.2, 0) is 5.41 Å². The Morgan fingerprint density at radius 1 is 1.05 bits per heavy atom. The van der Waals surface area contributed by atoms with E-state index in [9.17, 15) is 0 Å². The number of benzene rings is 1. The van der Waals surface area contributed by atoms with Gasteiger partial charge in [0, 0.05) is 37.2 Å². The summed E-state index contributed by atoms with van der Waals surface area (Å²) >= 11 is 0. The van der Waals surface area contributed by atoms with Gasteiger partial charge >= 0.3 is 0 Å². The second kappa shape index (κ2) is 6.05. The molecule has 0 unspecified atom stereocenters. The molecule has 1 aliphatic rings. The molecular weight excluding hydrogens is 272 g/mol. The minimum absolute atomic E-state index is 0.00726. The fourth-order valence-electron chi connectivity index (χ4n) is 2.79. The zero-order chi connectivity index (χ0) is 15.6. The first-order valence-corrected chi connectivity index (χ1v) is 7.94. The third-order valence-corrected chi connectivity index (χ3v) is 3.97. The van der Waals surface area contributed by atoms with Crippen molar-refractivity contribution in [3.63, 3.8) is 0 Å². The summed E-state index contributed by atoms with van der Waals surface area (Å²) < 4.78 is 0. The van der Waals surface area contributed by atoms with Crippen molar-refractivity contribution in [3.8, 4) is 11.4 Å². The number of rotatable bonds is 2. The number of anilines is 1. The molecule has 1 aromatic heterocycles. The lowest BCUT2D eigenvalue weighted by atomic mass is 9.90. The predicted octanol–water partition coefficient (Wildman–Crippen LogP) is 2.85. The molecule has 2 heterocycles. The summed E-state index contributed by atoms with van der Waals surface area (Å²) in [7, 11) is 0. The van der Waals surface area contributed by atoms with Gasteiger partial charge in [-0.15, -0.1) is 0 Å². The average Bonchev–Trinajstić information content (AvgIpc) is 2.55. The van der Waals surface area contributed by atoms with Crippen LogP contribution in [-0.4, -0.2) is 36.1 Å². The molecule has 1 fully saturated rings.